The third-order valence-corrected chi connectivity index (χ3v) is 5.24. The van der Waals surface area contributed by atoms with Crippen molar-refractivity contribution < 1.29 is 9.59 Å². The third kappa shape index (κ3) is 2.11. The maximum absolute atomic E-state index is 12.1. The van der Waals surface area contributed by atoms with E-state index in [0.717, 1.165) is 15.2 Å². The molecule has 1 aliphatic heterocycles. The van der Waals surface area contributed by atoms with Crippen molar-refractivity contribution in [3.05, 3.63) is 59.7 Å². The van der Waals surface area contributed by atoms with Gasteiger partial charge in [-0.1, -0.05) is 36.0 Å². The number of rotatable bonds is 2. The Balaban J connectivity index is 2.00. The summed E-state index contributed by atoms with van der Waals surface area (Å²) in [6.45, 7) is 0. The summed E-state index contributed by atoms with van der Waals surface area (Å²) in [6.07, 6.45) is 0. The van der Waals surface area contributed by atoms with E-state index in [1.165, 1.54) is 11.8 Å². The van der Waals surface area contributed by atoms with Crippen LogP contribution >= 0.6 is 11.8 Å². The molecule has 0 fully saturated rings. The van der Waals surface area contributed by atoms with Crippen LogP contribution in [-0.2, 0) is 0 Å². The number of nitrogens with two attached hydrogens (primary N) is 2. The first-order valence-electron chi connectivity index (χ1n) is 7.29. The van der Waals surface area contributed by atoms with Gasteiger partial charge in [-0.2, -0.15) is 0 Å². The van der Waals surface area contributed by atoms with E-state index in [0.29, 0.717) is 27.9 Å². The number of nitrogens with one attached hydrogen (secondary N) is 1. The molecular formula is C18H13N3O2S. The first-order valence-corrected chi connectivity index (χ1v) is 8.11. The van der Waals surface area contributed by atoms with Gasteiger partial charge in [-0.25, -0.2) is 0 Å². The van der Waals surface area contributed by atoms with Crippen LogP contribution in [0.4, 0.5) is 11.4 Å². The van der Waals surface area contributed by atoms with Crippen molar-refractivity contribution >= 4 is 45.7 Å². The third-order valence-electron chi connectivity index (χ3n) is 3.99. The molecule has 0 aliphatic carbocycles. The summed E-state index contributed by atoms with van der Waals surface area (Å²) in [7, 11) is 0. The highest BCUT2D eigenvalue weighted by atomic mass is 32.2. The predicted molar refractivity (Wildman–Crippen MR) is 95.1 cm³/mol. The minimum Gasteiger partial charge on any atom is -0.398 e. The van der Waals surface area contributed by atoms with Gasteiger partial charge in [0.25, 0.3) is 11.8 Å². The number of amides is 2. The van der Waals surface area contributed by atoms with E-state index in [2.05, 4.69) is 5.32 Å². The van der Waals surface area contributed by atoms with Crippen LogP contribution in [-0.4, -0.2) is 11.8 Å². The fourth-order valence-corrected chi connectivity index (χ4v) is 3.89. The van der Waals surface area contributed by atoms with Crippen molar-refractivity contribution in [2.24, 2.45) is 0 Å². The Morgan fingerprint density at radius 3 is 2.38 bits per heavy atom. The molecule has 6 heteroatoms. The van der Waals surface area contributed by atoms with Gasteiger partial charge < -0.3 is 11.5 Å². The quantitative estimate of drug-likeness (QED) is 0.494. The number of hydrogen-bond acceptors (Lipinski definition) is 5. The normalized spacial score (nSPS) is 13.2. The average Bonchev–Trinajstić information content (AvgIpc) is 2.57. The molecule has 0 radical (unpaired) electrons. The van der Waals surface area contributed by atoms with Gasteiger partial charge in [0.15, 0.2) is 0 Å². The molecule has 0 spiro atoms. The Labute approximate surface area is 142 Å². The van der Waals surface area contributed by atoms with Crippen molar-refractivity contribution in [1.29, 1.82) is 0 Å². The van der Waals surface area contributed by atoms with Crippen molar-refractivity contribution in [3.8, 4) is 0 Å². The summed E-state index contributed by atoms with van der Waals surface area (Å²) in [5.74, 6) is -0.816. The lowest BCUT2D eigenvalue weighted by Crippen LogP contribution is -2.34. The lowest BCUT2D eigenvalue weighted by molar-refractivity contribution is 0.0845. The summed E-state index contributed by atoms with van der Waals surface area (Å²) in [5, 5.41) is 3.75. The topological polar surface area (TPSA) is 98.2 Å². The summed E-state index contributed by atoms with van der Waals surface area (Å²) in [5.41, 5.74) is 14.3. The second-order valence-corrected chi connectivity index (χ2v) is 6.55. The number of anilines is 2. The van der Waals surface area contributed by atoms with Gasteiger partial charge in [0.2, 0.25) is 0 Å². The van der Waals surface area contributed by atoms with E-state index in [4.69, 9.17) is 11.5 Å². The molecule has 5 N–H and O–H groups in total. The minimum absolute atomic E-state index is 0.391. The molecule has 118 valence electrons. The first kappa shape index (κ1) is 14.6. The maximum Gasteiger partial charge on any atom is 0.258 e. The number of carbonyl (C=O) groups is 2. The maximum atomic E-state index is 12.1. The number of para-hydroxylation sites is 1. The lowest BCUT2D eigenvalue weighted by atomic mass is 9.94. The minimum atomic E-state index is -0.425. The van der Waals surface area contributed by atoms with E-state index in [-0.39, 0.29) is 0 Å². The highest BCUT2D eigenvalue weighted by Crippen LogP contribution is 2.42. The van der Waals surface area contributed by atoms with Gasteiger partial charge in [0.1, 0.15) is 0 Å². The van der Waals surface area contributed by atoms with Crippen LogP contribution in [0.3, 0.4) is 0 Å². The second-order valence-electron chi connectivity index (χ2n) is 5.49. The smallest absolute Gasteiger partial charge is 0.258 e. The highest BCUT2D eigenvalue weighted by Gasteiger charge is 2.27. The Kier molecular flexibility index (Phi) is 3.21. The molecule has 4 rings (SSSR count). The number of imide groups is 1. The molecule has 0 saturated heterocycles. The van der Waals surface area contributed by atoms with Crippen LogP contribution in [0.2, 0.25) is 0 Å². The Morgan fingerprint density at radius 1 is 0.833 bits per heavy atom. The standard InChI is InChI=1S/C18H13N3O2S/c19-12-6-1-2-7-14(12)24-16-9-4-3-5-10-15(9)11(8-13(16)20)18(23)21-17(10)22/h1-8H,19-20H2,(H,21,22,23). The summed E-state index contributed by atoms with van der Waals surface area (Å²) in [6, 6.07) is 14.5. The number of hydrogen-bond donors (Lipinski definition) is 3. The fourth-order valence-electron chi connectivity index (χ4n) is 2.88. The molecule has 0 unspecified atom stereocenters. The average molecular weight is 335 g/mol. The summed E-state index contributed by atoms with van der Waals surface area (Å²) < 4.78 is 0. The van der Waals surface area contributed by atoms with Crippen LogP contribution in [0.1, 0.15) is 20.7 Å². The van der Waals surface area contributed by atoms with Gasteiger partial charge >= 0.3 is 0 Å². The summed E-state index contributed by atoms with van der Waals surface area (Å²) >= 11 is 1.43. The van der Waals surface area contributed by atoms with Gasteiger partial charge in [0.05, 0.1) is 5.56 Å². The largest absolute Gasteiger partial charge is 0.398 e. The van der Waals surface area contributed by atoms with Crippen molar-refractivity contribution in [2.75, 3.05) is 11.5 Å². The molecule has 1 aliphatic rings. The molecule has 0 bridgehead atoms. The molecule has 24 heavy (non-hydrogen) atoms. The fraction of sp³-hybridized carbons (Fsp3) is 0. The molecule has 2 amide bonds. The van der Waals surface area contributed by atoms with Crippen LogP contribution < -0.4 is 16.8 Å². The molecule has 0 atom stereocenters. The van der Waals surface area contributed by atoms with Crippen molar-refractivity contribution in [1.82, 2.24) is 5.32 Å². The van der Waals surface area contributed by atoms with Gasteiger partial charge in [-0.15, -0.1) is 0 Å². The zero-order valence-corrected chi connectivity index (χ0v) is 13.3. The van der Waals surface area contributed by atoms with E-state index in [1.807, 2.05) is 30.3 Å². The number of carbonyl (C=O) groups excluding carboxylic acids is 2. The van der Waals surface area contributed by atoms with Crippen LogP contribution in [0, 0.1) is 0 Å². The molecule has 3 aromatic carbocycles. The highest BCUT2D eigenvalue weighted by molar-refractivity contribution is 8.00. The summed E-state index contributed by atoms with van der Waals surface area (Å²) in [4.78, 5) is 25.9. The van der Waals surface area contributed by atoms with Gasteiger partial charge in [0, 0.05) is 32.1 Å². The molecular weight excluding hydrogens is 322 g/mol. The SMILES string of the molecule is Nc1ccccc1Sc1c(N)cc2c3c(cccc13)C(=O)NC2=O. The predicted octanol–water partition coefficient (Wildman–Crippen LogP) is 3.04. The van der Waals surface area contributed by atoms with E-state index in [9.17, 15) is 9.59 Å². The zero-order chi connectivity index (χ0) is 16.8. The van der Waals surface area contributed by atoms with Crippen LogP contribution in [0.5, 0.6) is 0 Å². The Bertz CT molecular complexity index is 1030. The first-order chi connectivity index (χ1) is 11.6. The monoisotopic (exact) mass is 335 g/mol. The molecule has 0 aromatic heterocycles. The number of nitrogen functional groups attached to an aromatic ring is 2. The van der Waals surface area contributed by atoms with Gasteiger partial charge in [-0.3, -0.25) is 14.9 Å². The van der Waals surface area contributed by atoms with Crippen molar-refractivity contribution in [2.45, 2.75) is 9.79 Å². The van der Waals surface area contributed by atoms with E-state index >= 15 is 0 Å². The zero-order valence-electron chi connectivity index (χ0n) is 12.5. The Morgan fingerprint density at radius 2 is 1.58 bits per heavy atom. The molecule has 1 heterocycles. The molecule has 5 nitrogen and oxygen atoms in total. The Hall–Kier alpha value is -2.99. The van der Waals surface area contributed by atoms with Crippen LogP contribution in [0.25, 0.3) is 10.8 Å². The van der Waals surface area contributed by atoms with Crippen LogP contribution in [0.15, 0.2) is 58.3 Å². The second kappa shape index (κ2) is 5.28. The van der Waals surface area contributed by atoms with Gasteiger partial charge in [-0.05, 0) is 29.7 Å². The van der Waals surface area contributed by atoms with E-state index < -0.39 is 11.8 Å². The molecule has 0 saturated carbocycles. The number of benzene rings is 3. The lowest BCUT2D eigenvalue weighted by Gasteiger charge is -2.20. The molecule has 3 aromatic rings. The van der Waals surface area contributed by atoms with Crippen molar-refractivity contribution in [3.63, 3.8) is 0 Å². The van der Waals surface area contributed by atoms with E-state index in [1.54, 1.807) is 18.2 Å².